The van der Waals surface area contributed by atoms with E-state index >= 15 is 0 Å². The van der Waals surface area contributed by atoms with Gasteiger partial charge in [-0.2, -0.15) is 0 Å². The number of hydrogen-bond donors (Lipinski definition) is 1. The van der Waals surface area contributed by atoms with Gasteiger partial charge in [0.15, 0.2) is 0 Å². The van der Waals surface area contributed by atoms with Crippen LogP contribution in [0.15, 0.2) is 0 Å². The summed E-state index contributed by atoms with van der Waals surface area (Å²) in [5, 5.41) is 10.4. The van der Waals surface area contributed by atoms with E-state index in [9.17, 15) is 5.11 Å². The van der Waals surface area contributed by atoms with Crippen LogP contribution >= 0.6 is 0 Å². The summed E-state index contributed by atoms with van der Waals surface area (Å²) in [6.45, 7) is 1.93. The summed E-state index contributed by atoms with van der Waals surface area (Å²) in [7, 11) is 6.27. The molecule has 0 aliphatic carbocycles. The molecule has 1 N–H and O–H groups in total. The fraction of sp³-hybridized carbons (Fsp3) is 1.00. The van der Waals surface area contributed by atoms with Gasteiger partial charge in [-0.3, -0.25) is 0 Å². The number of ether oxygens (including phenoxy) is 3. The van der Waals surface area contributed by atoms with Crippen LogP contribution in [0, 0.1) is 5.41 Å². The first-order valence-corrected chi connectivity index (χ1v) is 18.8. The molecule has 0 bridgehead atoms. The monoisotopic (exact) mass is 806 g/mol. The average molecular weight is 807 g/mol. The Balaban J connectivity index is 0. The van der Waals surface area contributed by atoms with Crippen LogP contribution in [0.1, 0.15) is 19.3 Å². The molecule has 0 unspecified atom stereocenters. The molecule has 17 heteroatoms. The Labute approximate surface area is 259 Å². The smallest absolute Gasteiger partial charge is 0.396 e. The second-order valence-electron chi connectivity index (χ2n) is 9.01. The molecule has 0 heterocycles. The molecule has 0 aliphatic heterocycles. The largest absolute Gasteiger partial charge is 0.500 e. The van der Waals surface area contributed by atoms with Gasteiger partial charge in [-0.1, -0.05) is 0 Å². The summed E-state index contributed by atoms with van der Waals surface area (Å²) in [5.41, 5.74) is -0.741. The first-order chi connectivity index (χ1) is 18.7. The van der Waals surface area contributed by atoms with Gasteiger partial charge in [-0.15, -0.1) is 0 Å². The van der Waals surface area contributed by atoms with Crippen molar-refractivity contribution in [1.82, 2.24) is 0 Å². The molecule has 0 aromatic carbocycles. The molecule has 0 saturated heterocycles. The van der Waals surface area contributed by atoms with Crippen molar-refractivity contribution in [3.8, 4) is 0 Å². The second kappa shape index (κ2) is 24.2. The Kier molecular flexibility index (Phi) is 26.0. The summed E-state index contributed by atoms with van der Waals surface area (Å²) in [6.07, 6.45) is 2.04. The minimum atomic E-state index is -2.67. The van der Waals surface area contributed by atoms with Crippen LogP contribution in [0.5, 0.6) is 0 Å². The van der Waals surface area contributed by atoms with E-state index in [1.165, 1.54) is 0 Å². The van der Waals surface area contributed by atoms with Crippen molar-refractivity contribution in [2.45, 2.75) is 37.4 Å². The van der Waals surface area contributed by atoms with E-state index in [0.29, 0.717) is 57.2 Å². The zero-order valence-electron chi connectivity index (χ0n) is 25.9. The molecule has 0 fully saturated rings. The van der Waals surface area contributed by atoms with Gasteiger partial charge in [0.1, 0.15) is 0 Å². The first-order valence-electron chi connectivity index (χ1n) is 13.0. The quantitative estimate of drug-likeness (QED) is 0.0913. The zero-order valence-corrected chi connectivity index (χ0v) is 31.9. The molecule has 0 saturated carbocycles. The normalized spacial score (nSPS) is 13.1. The van der Waals surface area contributed by atoms with Crippen molar-refractivity contribution in [3.63, 3.8) is 0 Å². The maximum absolute atomic E-state index is 10.4. The predicted molar refractivity (Wildman–Crippen MR) is 151 cm³/mol. The Morgan fingerprint density at radius 2 is 0.675 bits per heavy atom. The summed E-state index contributed by atoms with van der Waals surface area (Å²) >= 11 is 0. The van der Waals surface area contributed by atoms with E-state index in [2.05, 4.69) is 0 Å². The molecule has 0 atom stereocenters. The average Bonchev–Trinajstić information content (AvgIpc) is 2.99. The van der Waals surface area contributed by atoms with E-state index in [1.54, 1.807) is 64.0 Å². The van der Waals surface area contributed by atoms with Gasteiger partial charge < -0.3 is 59.2 Å². The van der Waals surface area contributed by atoms with Crippen molar-refractivity contribution < 1.29 is 80.2 Å². The standard InChI is InChI=1S/C23H54O13Si3.W/c1-25-37(26-2,27-3)16-10-13-34-20-23(19-24,21-35-14-11-17-38(28-4,29-5)30-6)22-36-15-12-18-39(31-7,32-8)33-9;/h24H,10-22H2,1-9H3;. The number of aliphatic hydroxyl groups is 1. The molecule has 0 aliphatic rings. The topological polar surface area (TPSA) is 131 Å². The van der Waals surface area contributed by atoms with Gasteiger partial charge in [0.2, 0.25) is 0 Å². The third-order valence-corrected chi connectivity index (χ3v) is 15.2. The van der Waals surface area contributed by atoms with Crippen molar-refractivity contribution in [2.24, 2.45) is 5.41 Å². The van der Waals surface area contributed by atoms with Crippen LogP contribution < -0.4 is 0 Å². The van der Waals surface area contributed by atoms with E-state index in [-0.39, 0.29) is 47.5 Å². The summed E-state index contributed by atoms with van der Waals surface area (Å²) < 4.78 is 67.1. The summed E-state index contributed by atoms with van der Waals surface area (Å²) in [5.74, 6) is 0. The summed E-state index contributed by atoms with van der Waals surface area (Å²) in [6, 6.07) is 1.84. The van der Waals surface area contributed by atoms with Gasteiger partial charge in [0.25, 0.3) is 0 Å². The number of rotatable bonds is 28. The maximum Gasteiger partial charge on any atom is 0.500 e. The Hall–Kier alpha value is 0.819. The van der Waals surface area contributed by atoms with Crippen molar-refractivity contribution in [1.29, 1.82) is 0 Å². The van der Waals surface area contributed by atoms with Crippen LogP contribution in [-0.2, 0) is 75.1 Å². The molecule has 13 nitrogen and oxygen atoms in total. The molecular weight excluding hydrogens is 752 g/mol. The predicted octanol–water partition coefficient (Wildman–Crippen LogP) is 1.82. The van der Waals surface area contributed by atoms with Crippen molar-refractivity contribution in [2.75, 3.05) is 110 Å². The van der Waals surface area contributed by atoms with E-state index in [4.69, 9.17) is 54.0 Å². The van der Waals surface area contributed by atoms with Crippen molar-refractivity contribution in [3.05, 3.63) is 0 Å². The van der Waals surface area contributed by atoms with Crippen LogP contribution in [0.25, 0.3) is 0 Å². The van der Waals surface area contributed by atoms with Gasteiger partial charge >= 0.3 is 26.4 Å². The van der Waals surface area contributed by atoms with Gasteiger partial charge in [0.05, 0.1) is 31.8 Å². The van der Waals surface area contributed by atoms with Crippen LogP contribution in [0.2, 0.25) is 18.1 Å². The zero-order chi connectivity index (χ0) is 29.7. The third-order valence-electron chi connectivity index (χ3n) is 6.67. The Morgan fingerprint density at radius 3 is 0.850 bits per heavy atom. The van der Waals surface area contributed by atoms with Gasteiger partial charge in [-0.05, 0) is 19.3 Å². The number of hydrogen-bond acceptors (Lipinski definition) is 13. The van der Waals surface area contributed by atoms with Gasteiger partial charge in [-0.25, -0.2) is 0 Å². The molecule has 0 radical (unpaired) electrons. The van der Waals surface area contributed by atoms with Gasteiger partial charge in [0, 0.05) is 123 Å². The number of aliphatic hydroxyl groups excluding tert-OH is 1. The minimum absolute atomic E-state index is 0. The third kappa shape index (κ3) is 15.0. The maximum atomic E-state index is 10.4. The molecule has 40 heavy (non-hydrogen) atoms. The second-order valence-corrected chi connectivity index (χ2v) is 18.3. The van der Waals surface area contributed by atoms with E-state index in [1.807, 2.05) is 0 Å². The first kappa shape index (κ1) is 42.9. The molecule has 0 rings (SSSR count). The Bertz CT molecular complexity index is 487. The fourth-order valence-corrected chi connectivity index (χ4v) is 9.04. The minimum Gasteiger partial charge on any atom is -0.396 e. The van der Waals surface area contributed by atoms with E-state index < -0.39 is 31.8 Å². The van der Waals surface area contributed by atoms with E-state index in [0.717, 1.165) is 0 Å². The van der Waals surface area contributed by atoms with Crippen LogP contribution in [0.4, 0.5) is 0 Å². The molecule has 0 amide bonds. The van der Waals surface area contributed by atoms with Crippen LogP contribution in [0.3, 0.4) is 0 Å². The van der Waals surface area contributed by atoms with Crippen molar-refractivity contribution >= 4 is 26.4 Å². The fourth-order valence-electron chi connectivity index (χ4n) is 3.97. The molecule has 0 aromatic rings. The molecule has 0 spiro atoms. The van der Waals surface area contributed by atoms with Crippen LogP contribution in [-0.4, -0.2) is 142 Å². The SMILES string of the molecule is CO[Si](CCCOCC(CO)(COCCC[Si](OC)(OC)OC)COCCC[Si](OC)(OC)OC)(OC)OC.[W]. The molecule has 242 valence electrons. The summed E-state index contributed by atoms with van der Waals surface area (Å²) in [4.78, 5) is 0. The molecular formula is C23H54O13Si3W. The Morgan fingerprint density at radius 1 is 0.450 bits per heavy atom. The molecule has 0 aromatic heterocycles.